The fraction of sp³-hybridized carbons (Fsp3) is 0.269. The van der Waals surface area contributed by atoms with Crippen LogP contribution in [0.3, 0.4) is 0 Å². The summed E-state index contributed by atoms with van der Waals surface area (Å²) in [5.41, 5.74) is 7.23. The van der Waals surface area contributed by atoms with Crippen molar-refractivity contribution in [2.24, 2.45) is 10.4 Å². The largest absolute Gasteiger partial charge is 0.489 e. The molecule has 1 aliphatic heterocycles. The lowest BCUT2D eigenvalue weighted by Gasteiger charge is -2.35. The maximum atomic E-state index is 6.09. The van der Waals surface area contributed by atoms with Crippen LogP contribution >= 0.6 is 0 Å². The van der Waals surface area contributed by atoms with Crippen LogP contribution in [0.25, 0.3) is 0 Å². The second-order valence-electron chi connectivity index (χ2n) is 8.76. The van der Waals surface area contributed by atoms with E-state index in [0.29, 0.717) is 6.61 Å². The summed E-state index contributed by atoms with van der Waals surface area (Å²) >= 11 is 0. The van der Waals surface area contributed by atoms with E-state index >= 15 is 0 Å². The van der Waals surface area contributed by atoms with Crippen molar-refractivity contribution in [3.63, 3.8) is 0 Å². The van der Waals surface area contributed by atoms with E-state index in [1.165, 1.54) is 22.4 Å². The molecule has 2 aromatic carbocycles. The smallest absolute Gasteiger partial charge is 0.120 e. The molecule has 3 nitrogen and oxygen atoms in total. The second kappa shape index (κ2) is 7.07. The molecule has 1 aliphatic carbocycles. The summed E-state index contributed by atoms with van der Waals surface area (Å²) < 4.78 is 11.6. The van der Waals surface area contributed by atoms with E-state index in [0.717, 1.165) is 29.8 Å². The van der Waals surface area contributed by atoms with Crippen LogP contribution in [0, 0.1) is 5.41 Å². The topological polar surface area (TPSA) is 34.7 Å². The first kappa shape index (κ1) is 18.0. The predicted octanol–water partition coefficient (Wildman–Crippen LogP) is 6.82. The van der Waals surface area contributed by atoms with Gasteiger partial charge in [0.05, 0.1) is 6.26 Å². The minimum absolute atomic E-state index is 0.146. The first-order valence-electron chi connectivity index (χ1n) is 10.2. The van der Waals surface area contributed by atoms with Gasteiger partial charge in [-0.25, -0.2) is 4.99 Å². The number of furan rings is 1. The lowest BCUT2D eigenvalue weighted by Crippen LogP contribution is -2.27. The van der Waals surface area contributed by atoms with Crippen LogP contribution in [-0.2, 0) is 6.61 Å². The Morgan fingerprint density at radius 2 is 1.93 bits per heavy atom. The van der Waals surface area contributed by atoms with Gasteiger partial charge in [0.1, 0.15) is 24.3 Å². The molecule has 0 bridgehead atoms. The molecule has 1 atom stereocenters. The molecule has 1 unspecified atom stereocenters. The average Bonchev–Trinajstić information content (AvgIpc) is 3.19. The van der Waals surface area contributed by atoms with Crippen molar-refractivity contribution in [2.75, 3.05) is 0 Å². The highest BCUT2D eigenvalue weighted by Gasteiger charge is 2.36. The van der Waals surface area contributed by atoms with Gasteiger partial charge in [-0.05, 0) is 47.1 Å². The molecule has 0 radical (unpaired) electrons. The number of hydrogen-bond acceptors (Lipinski definition) is 3. The molecule has 1 aromatic heterocycles. The molecule has 0 spiro atoms. The fourth-order valence-electron chi connectivity index (χ4n) is 4.32. The number of ether oxygens (including phenoxy) is 1. The number of nitrogens with zero attached hydrogens (tertiary/aromatic N) is 1. The van der Waals surface area contributed by atoms with Crippen molar-refractivity contribution in [2.45, 2.75) is 39.2 Å². The van der Waals surface area contributed by atoms with Gasteiger partial charge in [-0.1, -0.05) is 62.4 Å². The summed E-state index contributed by atoms with van der Waals surface area (Å²) in [4.78, 5) is 4.92. The van der Waals surface area contributed by atoms with Gasteiger partial charge in [-0.15, -0.1) is 0 Å². The number of aliphatic imine (C=N–C) groups is 1. The fourth-order valence-corrected chi connectivity index (χ4v) is 4.32. The summed E-state index contributed by atoms with van der Waals surface area (Å²) in [5.74, 6) is 1.03. The zero-order valence-electron chi connectivity index (χ0n) is 16.9. The van der Waals surface area contributed by atoms with Gasteiger partial charge in [0.2, 0.25) is 0 Å². The number of rotatable bonds is 4. The lowest BCUT2D eigenvalue weighted by atomic mass is 9.70. The van der Waals surface area contributed by atoms with Crippen molar-refractivity contribution < 1.29 is 9.15 Å². The third-order valence-corrected chi connectivity index (χ3v) is 5.84. The Labute approximate surface area is 171 Å². The molecule has 29 heavy (non-hydrogen) atoms. The van der Waals surface area contributed by atoms with Crippen molar-refractivity contribution >= 4 is 11.4 Å². The van der Waals surface area contributed by atoms with Crippen LogP contribution in [0.15, 0.2) is 88.2 Å². The van der Waals surface area contributed by atoms with Gasteiger partial charge in [0.15, 0.2) is 0 Å². The monoisotopic (exact) mass is 383 g/mol. The maximum absolute atomic E-state index is 6.09. The Morgan fingerprint density at radius 3 is 2.79 bits per heavy atom. The number of hydrogen-bond donors (Lipinski definition) is 0. The molecular weight excluding hydrogens is 358 g/mol. The Balaban J connectivity index is 1.48. The first-order valence-corrected chi connectivity index (χ1v) is 10.2. The Hall–Kier alpha value is -3.07. The van der Waals surface area contributed by atoms with E-state index in [4.69, 9.17) is 14.1 Å². The molecular formula is C26H25NO2. The molecule has 0 saturated heterocycles. The van der Waals surface area contributed by atoms with Crippen LogP contribution < -0.4 is 4.74 Å². The van der Waals surface area contributed by atoms with Crippen LogP contribution in [0.2, 0.25) is 0 Å². The highest BCUT2D eigenvalue weighted by molar-refractivity contribution is 6.06. The standard InChI is InChI=1S/C26H25NO2/c1-26(2)12-11-21-23(14-26)27-24-17-28-16-22(24)25(21)19-9-6-10-20(13-19)29-15-18-7-4-3-5-8-18/h3-11,13,16-17,25H,12,14-15H2,1-2H3. The van der Waals surface area contributed by atoms with Crippen LogP contribution in [-0.4, -0.2) is 5.71 Å². The predicted molar refractivity (Wildman–Crippen MR) is 116 cm³/mol. The van der Waals surface area contributed by atoms with E-state index in [1.54, 1.807) is 6.26 Å². The first-order chi connectivity index (χ1) is 14.1. The molecule has 3 heteroatoms. The van der Waals surface area contributed by atoms with Gasteiger partial charge < -0.3 is 9.15 Å². The van der Waals surface area contributed by atoms with Gasteiger partial charge >= 0.3 is 0 Å². The highest BCUT2D eigenvalue weighted by Crippen LogP contribution is 2.48. The van der Waals surface area contributed by atoms with Crippen molar-refractivity contribution in [1.82, 2.24) is 0 Å². The summed E-state index contributed by atoms with van der Waals surface area (Å²) in [6, 6.07) is 18.7. The highest BCUT2D eigenvalue weighted by atomic mass is 16.5. The molecule has 0 amide bonds. The van der Waals surface area contributed by atoms with E-state index in [1.807, 2.05) is 30.5 Å². The zero-order valence-corrected chi connectivity index (χ0v) is 16.9. The molecule has 0 N–H and O–H groups in total. The minimum Gasteiger partial charge on any atom is -0.489 e. The Morgan fingerprint density at radius 1 is 1.07 bits per heavy atom. The molecule has 2 heterocycles. The Bertz CT molecular complexity index is 1090. The van der Waals surface area contributed by atoms with Crippen LogP contribution in [0.5, 0.6) is 5.75 Å². The Kier molecular flexibility index (Phi) is 4.39. The van der Waals surface area contributed by atoms with E-state index in [9.17, 15) is 0 Å². The molecule has 2 aliphatic rings. The van der Waals surface area contributed by atoms with Gasteiger partial charge in [-0.2, -0.15) is 0 Å². The molecule has 146 valence electrons. The average molecular weight is 383 g/mol. The second-order valence-corrected chi connectivity index (χ2v) is 8.76. The molecule has 0 fully saturated rings. The van der Waals surface area contributed by atoms with Gasteiger partial charge in [0, 0.05) is 17.2 Å². The lowest BCUT2D eigenvalue weighted by molar-refractivity contribution is 0.306. The van der Waals surface area contributed by atoms with Crippen molar-refractivity contribution in [1.29, 1.82) is 0 Å². The molecule has 5 rings (SSSR count). The summed E-state index contributed by atoms with van der Waals surface area (Å²) in [6.07, 6.45) is 8.04. The summed E-state index contributed by atoms with van der Waals surface area (Å²) in [7, 11) is 0. The van der Waals surface area contributed by atoms with E-state index in [2.05, 4.69) is 50.3 Å². The third-order valence-electron chi connectivity index (χ3n) is 5.84. The van der Waals surface area contributed by atoms with Crippen LogP contribution in [0.1, 0.15) is 49.3 Å². The van der Waals surface area contributed by atoms with Crippen molar-refractivity contribution in [3.05, 3.63) is 95.5 Å². The SMILES string of the molecule is CC1(C)CC=C2C(=Nc3cocc3C2c2cccc(OCc3ccccc3)c2)C1. The number of allylic oxidation sites excluding steroid dienone is 2. The van der Waals surface area contributed by atoms with E-state index in [-0.39, 0.29) is 11.3 Å². The molecule has 0 saturated carbocycles. The normalized spacial score (nSPS) is 19.6. The number of fused-ring (bicyclic) bond motifs is 2. The third kappa shape index (κ3) is 3.53. The zero-order chi connectivity index (χ0) is 19.8. The maximum Gasteiger partial charge on any atom is 0.120 e. The van der Waals surface area contributed by atoms with Gasteiger partial charge in [-0.3, -0.25) is 0 Å². The summed E-state index contributed by atoms with van der Waals surface area (Å²) in [5, 5.41) is 0. The van der Waals surface area contributed by atoms with Crippen LogP contribution in [0.4, 0.5) is 5.69 Å². The number of benzene rings is 2. The molecule has 3 aromatic rings. The summed E-state index contributed by atoms with van der Waals surface area (Å²) in [6.45, 7) is 5.18. The van der Waals surface area contributed by atoms with E-state index < -0.39 is 0 Å². The quantitative estimate of drug-likeness (QED) is 0.495. The minimum atomic E-state index is 0.146. The van der Waals surface area contributed by atoms with Crippen molar-refractivity contribution in [3.8, 4) is 5.75 Å². The van der Waals surface area contributed by atoms with Gasteiger partial charge in [0.25, 0.3) is 0 Å².